The standard InChI is InChI=1S/C19H19N3O/c20-17-10-4-3-9-16(17)19(23)22-13-12-21-18-11-5-7-14-6-1-2-8-15(14)18/h1-11,21H,12-13,20H2,(H,22,23). The summed E-state index contributed by atoms with van der Waals surface area (Å²) in [5.41, 5.74) is 7.87. The number of carbonyl (C=O) groups is 1. The van der Waals surface area contributed by atoms with Crippen LogP contribution in [0, 0.1) is 0 Å². The number of carbonyl (C=O) groups excluding carboxylic acids is 1. The molecule has 23 heavy (non-hydrogen) atoms. The Morgan fingerprint density at radius 3 is 2.48 bits per heavy atom. The molecule has 0 bridgehead atoms. The third kappa shape index (κ3) is 3.43. The van der Waals surface area contributed by atoms with Crippen molar-refractivity contribution in [2.24, 2.45) is 0 Å². The molecule has 0 aromatic heterocycles. The van der Waals surface area contributed by atoms with Crippen molar-refractivity contribution in [1.29, 1.82) is 0 Å². The number of hydrogen-bond donors (Lipinski definition) is 3. The molecule has 0 atom stereocenters. The molecule has 4 nitrogen and oxygen atoms in total. The fraction of sp³-hybridized carbons (Fsp3) is 0.105. The minimum absolute atomic E-state index is 0.150. The Kier molecular flexibility index (Phi) is 4.43. The number of nitrogens with two attached hydrogens (primary N) is 1. The lowest BCUT2D eigenvalue weighted by atomic mass is 10.1. The van der Waals surface area contributed by atoms with E-state index in [4.69, 9.17) is 5.73 Å². The number of amides is 1. The lowest BCUT2D eigenvalue weighted by molar-refractivity contribution is 0.0956. The molecule has 0 saturated heterocycles. The van der Waals surface area contributed by atoms with Crippen molar-refractivity contribution < 1.29 is 4.79 Å². The SMILES string of the molecule is Nc1ccccc1C(=O)NCCNc1cccc2ccccc12. The summed E-state index contributed by atoms with van der Waals surface area (Å²) >= 11 is 0. The molecule has 116 valence electrons. The molecular formula is C19H19N3O. The minimum Gasteiger partial charge on any atom is -0.398 e. The van der Waals surface area contributed by atoms with Crippen molar-refractivity contribution in [1.82, 2.24) is 5.32 Å². The number of hydrogen-bond acceptors (Lipinski definition) is 3. The first kappa shape index (κ1) is 14.9. The summed E-state index contributed by atoms with van der Waals surface area (Å²) in [4.78, 5) is 12.1. The van der Waals surface area contributed by atoms with Crippen LogP contribution in [0.25, 0.3) is 10.8 Å². The average molecular weight is 305 g/mol. The molecule has 0 unspecified atom stereocenters. The summed E-state index contributed by atoms with van der Waals surface area (Å²) in [7, 11) is 0. The molecule has 0 fully saturated rings. The molecule has 0 heterocycles. The molecule has 1 amide bonds. The van der Waals surface area contributed by atoms with Crippen molar-refractivity contribution in [2.75, 3.05) is 24.1 Å². The molecule has 4 heteroatoms. The number of benzene rings is 3. The third-order valence-corrected chi connectivity index (χ3v) is 3.72. The van der Waals surface area contributed by atoms with Crippen LogP contribution in [-0.2, 0) is 0 Å². The molecular weight excluding hydrogens is 286 g/mol. The van der Waals surface area contributed by atoms with Gasteiger partial charge >= 0.3 is 0 Å². The number of rotatable bonds is 5. The smallest absolute Gasteiger partial charge is 0.253 e. The van der Waals surface area contributed by atoms with Crippen LogP contribution in [0.2, 0.25) is 0 Å². The van der Waals surface area contributed by atoms with Gasteiger partial charge in [-0.3, -0.25) is 4.79 Å². The van der Waals surface area contributed by atoms with Crippen molar-refractivity contribution in [3.8, 4) is 0 Å². The highest BCUT2D eigenvalue weighted by Gasteiger charge is 2.07. The Morgan fingerprint density at radius 2 is 1.61 bits per heavy atom. The van der Waals surface area contributed by atoms with Crippen LogP contribution < -0.4 is 16.4 Å². The van der Waals surface area contributed by atoms with E-state index in [1.54, 1.807) is 18.2 Å². The highest BCUT2D eigenvalue weighted by Crippen LogP contribution is 2.22. The molecule has 0 aliphatic heterocycles. The average Bonchev–Trinajstić information content (AvgIpc) is 2.59. The first-order chi connectivity index (χ1) is 11.3. The van der Waals surface area contributed by atoms with E-state index in [-0.39, 0.29) is 5.91 Å². The molecule has 0 spiro atoms. The maximum atomic E-state index is 12.1. The summed E-state index contributed by atoms with van der Waals surface area (Å²) < 4.78 is 0. The maximum Gasteiger partial charge on any atom is 0.253 e. The Morgan fingerprint density at radius 1 is 0.870 bits per heavy atom. The number of nitrogens with one attached hydrogen (secondary N) is 2. The van der Waals surface area contributed by atoms with Gasteiger partial charge in [-0.1, -0.05) is 48.5 Å². The highest BCUT2D eigenvalue weighted by molar-refractivity contribution is 5.99. The van der Waals surface area contributed by atoms with E-state index in [0.717, 1.165) is 5.69 Å². The van der Waals surface area contributed by atoms with Crippen molar-refractivity contribution in [3.63, 3.8) is 0 Å². The maximum absolute atomic E-state index is 12.1. The lowest BCUT2D eigenvalue weighted by Gasteiger charge is -2.11. The van der Waals surface area contributed by atoms with Crippen LogP contribution in [-0.4, -0.2) is 19.0 Å². The summed E-state index contributed by atoms with van der Waals surface area (Å²) in [6.07, 6.45) is 0. The monoisotopic (exact) mass is 305 g/mol. The van der Waals surface area contributed by atoms with E-state index in [1.165, 1.54) is 10.8 Å². The quantitative estimate of drug-likeness (QED) is 0.500. The second-order valence-electron chi connectivity index (χ2n) is 5.30. The van der Waals surface area contributed by atoms with Crippen LogP contribution in [0.1, 0.15) is 10.4 Å². The van der Waals surface area contributed by atoms with Crippen LogP contribution >= 0.6 is 0 Å². The fourth-order valence-corrected chi connectivity index (χ4v) is 2.55. The van der Waals surface area contributed by atoms with Crippen molar-refractivity contribution in [2.45, 2.75) is 0 Å². The van der Waals surface area contributed by atoms with E-state index in [0.29, 0.717) is 24.3 Å². The summed E-state index contributed by atoms with van der Waals surface area (Å²) in [5, 5.41) is 8.61. The van der Waals surface area contributed by atoms with Gasteiger partial charge in [0, 0.05) is 29.9 Å². The fourth-order valence-electron chi connectivity index (χ4n) is 2.55. The van der Waals surface area contributed by atoms with Crippen LogP contribution in [0.4, 0.5) is 11.4 Å². The Hall–Kier alpha value is -3.01. The predicted octanol–water partition coefficient (Wildman–Crippen LogP) is 3.26. The van der Waals surface area contributed by atoms with E-state index in [1.807, 2.05) is 30.3 Å². The van der Waals surface area contributed by atoms with Crippen LogP contribution in [0.15, 0.2) is 66.7 Å². The van der Waals surface area contributed by atoms with Crippen molar-refractivity contribution in [3.05, 3.63) is 72.3 Å². The van der Waals surface area contributed by atoms with Gasteiger partial charge in [-0.05, 0) is 23.6 Å². The predicted molar refractivity (Wildman–Crippen MR) is 95.6 cm³/mol. The molecule has 0 saturated carbocycles. The Labute approximate surface area is 135 Å². The van der Waals surface area contributed by atoms with Gasteiger partial charge in [0.05, 0.1) is 5.56 Å². The largest absolute Gasteiger partial charge is 0.398 e. The zero-order chi connectivity index (χ0) is 16.1. The van der Waals surface area contributed by atoms with Gasteiger partial charge in [0.2, 0.25) is 0 Å². The topological polar surface area (TPSA) is 67.2 Å². The number of nitrogen functional groups attached to an aromatic ring is 1. The number of fused-ring (bicyclic) bond motifs is 1. The lowest BCUT2D eigenvalue weighted by Crippen LogP contribution is -2.29. The molecule has 4 N–H and O–H groups in total. The molecule has 3 rings (SSSR count). The van der Waals surface area contributed by atoms with E-state index in [2.05, 4.69) is 28.8 Å². The van der Waals surface area contributed by atoms with Gasteiger partial charge in [0.15, 0.2) is 0 Å². The van der Waals surface area contributed by atoms with Gasteiger partial charge in [0.1, 0.15) is 0 Å². The molecule has 0 aliphatic carbocycles. The zero-order valence-electron chi connectivity index (χ0n) is 12.8. The van der Waals surface area contributed by atoms with Crippen molar-refractivity contribution >= 4 is 28.1 Å². The first-order valence-corrected chi connectivity index (χ1v) is 7.60. The summed E-state index contributed by atoms with van der Waals surface area (Å²) in [6, 6.07) is 21.4. The second kappa shape index (κ2) is 6.83. The Balaban J connectivity index is 1.57. The van der Waals surface area contributed by atoms with Crippen LogP contribution in [0.5, 0.6) is 0 Å². The highest BCUT2D eigenvalue weighted by atomic mass is 16.1. The normalized spacial score (nSPS) is 10.4. The zero-order valence-corrected chi connectivity index (χ0v) is 12.8. The van der Waals surface area contributed by atoms with Gasteiger partial charge in [-0.15, -0.1) is 0 Å². The second-order valence-corrected chi connectivity index (χ2v) is 5.30. The summed E-state index contributed by atoms with van der Waals surface area (Å²) in [5.74, 6) is -0.150. The van der Waals surface area contributed by atoms with Gasteiger partial charge in [-0.2, -0.15) is 0 Å². The third-order valence-electron chi connectivity index (χ3n) is 3.72. The van der Waals surface area contributed by atoms with E-state index in [9.17, 15) is 4.79 Å². The number of anilines is 2. The molecule has 0 radical (unpaired) electrons. The first-order valence-electron chi connectivity index (χ1n) is 7.60. The van der Waals surface area contributed by atoms with Gasteiger partial charge in [-0.25, -0.2) is 0 Å². The van der Waals surface area contributed by atoms with Gasteiger partial charge < -0.3 is 16.4 Å². The van der Waals surface area contributed by atoms with Gasteiger partial charge in [0.25, 0.3) is 5.91 Å². The summed E-state index contributed by atoms with van der Waals surface area (Å²) in [6.45, 7) is 1.17. The van der Waals surface area contributed by atoms with Crippen LogP contribution in [0.3, 0.4) is 0 Å². The number of para-hydroxylation sites is 1. The minimum atomic E-state index is -0.150. The Bertz CT molecular complexity index is 824. The van der Waals surface area contributed by atoms with E-state index < -0.39 is 0 Å². The molecule has 3 aromatic rings. The molecule has 3 aromatic carbocycles. The molecule has 0 aliphatic rings. The van der Waals surface area contributed by atoms with E-state index >= 15 is 0 Å².